The lowest BCUT2D eigenvalue weighted by Crippen LogP contribution is -2.25. The predicted molar refractivity (Wildman–Crippen MR) is 56.3 cm³/mol. The molecule has 1 atom stereocenters. The number of rotatable bonds is 1. The van der Waals surface area contributed by atoms with Gasteiger partial charge in [-0.1, -0.05) is 29.8 Å². The van der Waals surface area contributed by atoms with Crippen molar-refractivity contribution in [2.45, 2.75) is 19.3 Å². The van der Waals surface area contributed by atoms with E-state index in [-0.39, 0.29) is 17.7 Å². The first-order valence-electron chi connectivity index (χ1n) is 4.96. The number of hydrogen-bond acceptors (Lipinski definition) is 2. The molecule has 3 heteroatoms. The molecule has 78 valence electrons. The van der Waals surface area contributed by atoms with Crippen LogP contribution in [0, 0.1) is 6.92 Å². The largest absolute Gasteiger partial charge is 0.285 e. The number of aryl methyl sites for hydroxylation is 1. The van der Waals surface area contributed by atoms with Crippen molar-refractivity contribution in [1.82, 2.24) is 4.90 Å². The minimum absolute atomic E-state index is 0.0921. The summed E-state index contributed by atoms with van der Waals surface area (Å²) >= 11 is 0. The molecule has 0 bridgehead atoms. The predicted octanol–water partition coefficient (Wildman–Crippen LogP) is 1.47. The molecule has 0 N–H and O–H groups in total. The van der Waals surface area contributed by atoms with Gasteiger partial charge in [0, 0.05) is 13.5 Å². The highest BCUT2D eigenvalue weighted by atomic mass is 16.2. The second kappa shape index (κ2) is 3.50. The third-order valence-corrected chi connectivity index (χ3v) is 2.86. The standard InChI is InChI=1S/C12H13NO2/c1-8-3-5-9(6-4-8)10-7-11(14)13(2)12(10)15/h3-6,10H,7H2,1-2H3/t10-/m1/s1. The van der Waals surface area contributed by atoms with Crippen molar-refractivity contribution in [3.8, 4) is 0 Å². The molecule has 1 saturated heterocycles. The van der Waals surface area contributed by atoms with E-state index in [0.29, 0.717) is 6.42 Å². The Balaban J connectivity index is 2.29. The zero-order valence-corrected chi connectivity index (χ0v) is 8.86. The van der Waals surface area contributed by atoms with Crippen LogP contribution in [-0.2, 0) is 9.59 Å². The Bertz CT molecular complexity index is 408. The highest BCUT2D eigenvalue weighted by molar-refractivity contribution is 6.05. The molecule has 1 fully saturated rings. The Morgan fingerprint density at radius 3 is 2.27 bits per heavy atom. The second-order valence-corrected chi connectivity index (χ2v) is 3.96. The molecule has 1 aromatic rings. The van der Waals surface area contributed by atoms with Gasteiger partial charge in [0.2, 0.25) is 11.8 Å². The molecule has 0 unspecified atom stereocenters. The molecule has 0 saturated carbocycles. The summed E-state index contributed by atoms with van der Waals surface area (Å²) in [4.78, 5) is 24.3. The third kappa shape index (κ3) is 1.65. The van der Waals surface area contributed by atoms with Gasteiger partial charge in [0.1, 0.15) is 0 Å². The highest BCUT2D eigenvalue weighted by Crippen LogP contribution is 2.28. The Morgan fingerprint density at radius 1 is 1.20 bits per heavy atom. The molecule has 0 aromatic heterocycles. The van der Waals surface area contributed by atoms with Gasteiger partial charge >= 0.3 is 0 Å². The smallest absolute Gasteiger partial charge is 0.236 e. The van der Waals surface area contributed by atoms with Crippen molar-refractivity contribution in [2.24, 2.45) is 0 Å². The molecular weight excluding hydrogens is 190 g/mol. The maximum Gasteiger partial charge on any atom is 0.236 e. The fourth-order valence-corrected chi connectivity index (χ4v) is 1.81. The molecule has 1 heterocycles. The van der Waals surface area contributed by atoms with Gasteiger partial charge in [-0.3, -0.25) is 14.5 Å². The van der Waals surface area contributed by atoms with E-state index in [9.17, 15) is 9.59 Å². The lowest BCUT2D eigenvalue weighted by molar-refractivity contribution is -0.137. The summed E-state index contributed by atoms with van der Waals surface area (Å²) in [5, 5.41) is 0. The quantitative estimate of drug-likeness (QED) is 0.648. The highest BCUT2D eigenvalue weighted by Gasteiger charge is 2.36. The molecule has 0 radical (unpaired) electrons. The third-order valence-electron chi connectivity index (χ3n) is 2.86. The Kier molecular flexibility index (Phi) is 2.31. The summed E-state index contributed by atoms with van der Waals surface area (Å²) in [6, 6.07) is 7.77. The fraction of sp³-hybridized carbons (Fsp3) is 0.333. The van der Waals surface area contributed by atoms with Crippen molar-refractivity contribution < 1.29 is 9.59 Å². The summed E-state index contributed by atoms with van der Waals surface area (Å²) in [6.07, 6.45) is 0.304. The number of hydrogen-bond donors (Lipinski definition) is 0. The van der Waals surface area contributed by atoms with Crippen molar-refractivity contribution in [3.63, 3.8) is 0 Å². The summed E-state index contributed by atoms with van der Waals surface area (Å²) in [7, 11) is 1.54. The minimum Gasteiger partial charge on any atom is -0.285 e. The van der Waals surface area contributed by atoms with Crippen LogP contribution >= 0.6 is 0 Å². The molecular formula is C12H13NO2. The van der Waals surface area contributed by atoms with E-state index in [1.165, 1.54) is 4.90 Å². The summed E-state index contributed by atoms with van der Waals surface area (Å²) < 4.78 is 0. The molecule has 1 aliphatic rings. The molecule has 1 aliphatic heterocycles. The lowest BCUT2D eigenvalue weighted by atomic mass is 9.97. The van der Waals surface area contributed by atoms with E-state index in [0.717, 1.165) is 11.1 Å². The maximum atomic E-state index is 11.7. The number of nitrogens with zero attached hydrogens (tertiary/aromatic N) is 1. The van der Waals surface area contributed by atoms with E-state index in [4.69, 9.17) is 0 Å². The zero-order valence-electron chi connectivity index (χ0n) is 8.86. The summed E-state index contributed by atoms with van der Waals surface area (Å²) in [5.74, 6) is -0.461. The van der Waals surface area contributed by atoms with Gasteiger partial charge in [0.25, 0.3) is 0 Å². The minimum atomic E-state index is -0.275. The zero-order chi connectivity index (χ0) is 11.0. The average molecular weight is 203 g/mol. The number of carbonyl (C=O) groups is 2. The van der Waals surface area contributed by atoms with Crippen LogP contribution in [0.2, 0.25) is 0 Å². The number of likely N-dealkylation sites (tertiary alicyclic amines) is 1. The first kappa shape index (κ1) is 9.90. The molecule has 1 aromatic carbocycles. The van der Waals surface area contributed by atoms with Crippen LogP contribution < -0.4 is 0 Å². The molecule has 15 heavy (non-hydrogen) atoms. The Labute approximate surface area is 88.7 Å². The average Bonchev–Trinajstić information content (AvgIpc) is 2.47. The number of imide groups is 1. The summed E-state index contributed by atoms with van der Waals surface area (Å²) in [5.41, 5.74) is 2.09. The van der Waals surface area contributed by atoms with Crippen LogP contribution in [0.4, 0.5) is 0 Å². The molecule has 2 amide bonds. The van der Waals surface area contributed by atoms with Gasteiger partial charge in [-0.05, 0) is 12.5 Å². The first-order valence-corrected chi connectivity index (χ1v) is 4.96. The van der Waals surface area contributed by atoms with E-state index in [1.54, 1.807) is 7.05 Å². The summed E-state index contributed by atoms with van der Waals surface area (Å²) in [6.45, 7) is 2.00. The first-order chi connectivity index (χ1) is 7.09. The van der Waals surface area contributed by atoms with Gasteiger partial charge in [-0.2, -0.15) is 0 Å². The fourth-order valence-electron chi connectivity index (χ4n) is 1.81. The van der Waals surface area contributed by atoms with Crippen LogP contribution in [0.3, 0.4) is 0 Å². The lowest BCUT2D eigenvalue weighted by Gasteiger charge is -2.09. The topological polar surface area (TPSA) is 37.4 Å². The molecule has 3 nitrogen and oxygen atoms in total. The molecule has 0 spiro atoms. The van der Waals surface area contributed by atoms with E-state index < -0.39 is 0 Å². The Hall–Kier alpha value is -1.64. The number of amides is 2. The van der Waals surface area contributed by atoms with Crippen molar-refractivity contribution in [2.75, 3.05) is 7.05 Å². The van der Waals surface area contributed by atoms with Crippen LogP contribution in [0.15, 0.2) is 24.3 Å². The van der Waals surface area contributed by atoms with Gasteiger partial charge in [0.15, 0.2) is 0 Å². The van der Waals surface area contributed by atoms with E-state index in [1.807, 2.05) is 31.2 Å². The second-order valence-electron chi connectivity index (χ2n) is 3.96. The van der Waals surface area contributed by atoms with Crippen molar-refractivity contribution in [3.05, 3.63) is 35.4 Å². The normalized spacial score (nSPS) is 21.2. The van der Waals surface area contributed by atoms with E-state index >= 15 is 0 Å². The number of carbonyl (C=O) groups excluding carboxylic acids is 2. The van der Waals surface area contributed by atoms with Crippen LogP contribution in [0.5, 0.6) is 0 Å². The number of likely N-dealkylation sites (N-methyl/N-ethyl adjacent to an activating group) is 1. The van der Waals surface area contributed by atoms with Crippen molar-refractivity contribution >= 4 is 11.8 Å². The van der Waals surface area contributed by atoms with Gasteiger partial charge in [-0.25, -0.2) is 0 Å². The molecule has 2 rings (SSSR count). The SMILES string of the molecule is Cc1ccc([C@H]2CC(=O)N(C)C2=O)cc1. The van der Waals surface area contributed by atoms with Gasteiger partial charge in [0.05, 0.1) is 5.92 Å². The van der Waals surface area contributed by atoms with Gasteiger partial charge in [-0.15, -0.1) is 0 Å². The van der Waals surface area contributed by atoms with Crippen LogP contribution in [-0.4, -0.2) is 23.8 Å². The monoisotopic (exact) mass is 203 g/mol. The van der Waals surface area contributed by atoms with Crippen LogP contribution in [0.25, 0.3) is 0 Å². The number of benzene rings is 1. The Morgan fingerprint density at radius 2 is 1.80 bits per heavy atom. The molecule has 0 aliphatic carbocycles. The van der Waals surface area contributed by atoms with Crippen molar-refractivity contribution in [1.29, 1.82) is 0 Å². The van der Waals surface area contributed by atoms with Crippen LogP contribution in [0.1, 0.15) is 23.5 Å². The van der Waals surface area contributed by atoms with E-state index in [2.05, 4.69) is 0 Å². The van der Waals surface area contributed by atoms with Gasteiger partial charge < -0.3 is 0 Å². The maximum absolute atomic E-state index is 11.7.